The Morgan fingerprint density at radius 2 is 1.70 bits per heavy atom. The Balaban J connectivity index is 3.11. The van der Waals surface area contributed by atoms with E-state index in [0.29, 0.717) is 6.61 Å². The normalized spacial score (nSPS) is 16.3. The summed E-state index contributed by atoms with van der Waals surface area (Å²) >= 11 is 0. The van der Waals surface area contributed by atoms with Crippen molar-refractivity contribution in [2.24, 2.45) is 5.41 Å². The molecular weight excluding hydrogens is 252 g/mol. The highest BCUT2D eigenvalue weighted by Gasteiger charge is 2.47. The number of rotatable bonds is 5. The van der Waals surface area contributed by atoms with Crippen LogP contribution >= 0.6 is 0 Å². The van der Waals surface area contributed by atoms with Crippen LogP contribution in [0.5, 0.6) is 0 Å². The van der Waals surface area contributed by atoms with E-state index in [2.05, 4.69) is 20.8 Å². The summed E-state index contributed by atoms with van der Waals surface area (Å²) in [7, 11) is 1.60. The zero-order valence-electron chi connectivity index (χ0n) is 13.4. The third kappa shape index (κ3) is 3.40. The minimum atomic E-state index is -0.698. The molecule has 0 saturated carbocycles. The van der Waals surface area contributed by atoms with Crippen molar-refractivity contribution in [1.82, 2.24) is 0 Å². The molecule has 0 bridgehead atoms. The zero-order valence-corrected chi connectivity index (χ0v) is 13.4. The van der Waals surface area contributed by atoms with Crippen LogP contribution in [0, 0.1) is 5.41 Å². The summed E-state index contributed by atoms with van der Waals surface area (Å²) < 4.78 is 10.6. The molecule has 0 fully saturated rings. The molecule has 0 saturated heterocycles. The summed E-state index contributed by atoms with van der Waals surface area (Å²) in [5, 5.41) is 0. The van der Waals surface area contributed by atoms with Crippen LogP contribution in [-0.4, -0.2) is 25.8 Å². The molecule has 1 rings (SSSR count). The van der Waals surface area contributed by atoms with Crippen LogP contribution in [0.15, 0.2) is 30.3 Å². The second-order valence-electron chi connectivity index (χ2n) is 6.41. The number of carbonyl (C=O) groups is 1. The van der Waals surface area contributed by atoms with Gasteiger partial charge >= 0.3 is 5.97 Å². The van der Waals surface area contributed by atoms with E-state index in [4.69, 9.17) is 9.47 Å². The maximum absolute atomic E-state index is 12.7. The van der Waals surface area contributed by atoms with E-state index in [1.165, 1.54) is 0 Å². The van der Waals surface area contributed by atoms with Crippen molar-refractivity contribution in [3.63, 3.8) is 0 Å². The highest BCUT2D eigenvalue weighted by molar-refractivity contribution is 5.84. The first-order valence-corrected chi connectivity index (χ1v) is 6.99. The number of ether oxygens (including phenoxy) is 2. The van der Waals surface area contributed by atoms with Gasteiger partial charge in [-0.25, -0.2) is 0 Å². The molecule has 0 aliphatic carbocycles. The summed E-state index contributed by atoms with van der Waals surface area (Å²) in [6, 6.07) is 9.81. The third-order valence-corrected chi connectivity index (χ3v) is 3.97. The average molecular weight is 278 g/mol. The van der Waals surface area contributed by atoms with Gasteiger partial charge in [0.2, 0.25) is 0 Å². The number of benzene rings is 1. The lowest BCUT2D eigenvalue weighted by Gasteiger charge is -2.40. The standard InChI is InChI=1S/C17H26O3/c1-13(12-19-6)20-15(18)17(5,16(2,3)4)14-10-8-7-9-11-14/h7-11,13H,12H2,1-6H3. The van der Waals surface area contributed by atoms with Gasteiger partial charge in [0.15, 0.2) is 0 Å². The number of esters is 1. The van der Waals surface area contributed by atoms with E-state index in [0.717, 1.165) is 5.56 Å². The van der Waals surface area contributed by atoms with E-state index < -0.39 is 5.41 Å². The van der Waals surface area contributed by atoms with Crippen LogP contribution in [0.3, 0.4) is 0 Å². The molecule has 0 aliphatic rings. The van der Waals surface area contributed by atoms with Crippen molar-refractivity contribution in [2.45, 2.75) is 46.1 Å². The SMILES string of the molecule is COCC(C)OC(=O)C(C)(c1ccccc1)C(C)(C)C. The van der Waals surface area contributed by atoms with Crippen molar-refractivity contribution in [1.29, 1.82) is 0 Å². The van der Waals surface area contributed by atoms with E-state index in [-0.39, 0.29) is 17.5 Å². The van der Waals surface area contributed by atoms with Gasteiger partial charge in [0, 0.05) is 7.11 Å². The van der Waals surface area contributed by atoms with Crippen LogP contribution < -0.4 is 0 Å². The summed E-state index contributed by atoms with van der Waals surface area (Å²) in [5.74, 6) is -0.208. The number of hydrogen-bond acceptors (Lipinski definition) is 3. The minimum absolute atomic E-state index is 0.208. The second kappa shape index (κ2) is 6.40. The molecule has 0 amide bonds. The fourth-order valence-corrected chi connectivity index (χ4v) is 2.20. The number of hydrogen-bond donors (Lipinski definition) is 0. The highest BCUT2D eigenvalue weighted by Crippen LogP contribution is 2.42. The number of carbonyl (C=O) groups excluding carboxylic acids is 1. The monoisotopic (exact) mass is 278 g/mol. The van der Waals surface area contributed by atoms with Crippen molar-refractivity contribution in [2.75, 3.05) is 13.7 Å². The van der Waals surface area contributed by atoms with E-state index >= 15 is 0 Å². The van der Waals surface area contributed by atoms with E-state index in [9.17, 15) is 4.79 Å². The predicted octanol–water partition coefficient (Wildman–Crippen LogP) is 3.57. The Labute approximate surface area is 122 Å². The van der Waals surface area contributed by atoms with Gasteiger partial charge in [-0.05, 0) is 24.8 Å². The summed E-state index contributed by atoms with van der Waals surface area (Å²) in [5.41, 5.74) is 0.0243. The predicted molar refractivity (Wildman–Crippen MR) is 80.7 cm³/mol. The lowest BCUT2D eigenvalue weighted by atomic mass is 9.64. The maximum Gasteiger partial charge on any atom is 0.317 e. The molecule has 0 heterocycles. The molecule has 3 nitrogen and oxygen atoms in total. The Morgan fingerprint density at radius 1 is 1.15 bits per heavy atom. The third-order valence-electron chi connectivity index (χ3n) is 3.97. The summed E-state index contributed by atoms with van der Waals surface area (Å²) in [4.78, 5) is 12.7. The van der Waals surface area contributed by atoms with Gasteiger partial charge in [-0.1, -0.05) is 51.1 Å². The maximum atomic E-state index is 12.7. The molecule has 0 radical (unpaired) electrons. The summed E-state index contributed by atoms with van der Waals surface area (Å²) in [6.07, 6.45) is -0.252. The lowest BCUT2D eigenvalue weighted by Crippen LogP contribution is -2.47. The van der Waals surface area contributed by atoms with Gasteiger partial charge < -0.3 is 9.47 Å². The molecule has 1 aromatic rings. The van der Waals surface area contributed by atoms with Crippen LogP contribution in [0.1, 0.15) is 40.2 Å². The summed E-state index contributed by atoms with van der Waals surface area (Å²) in [6.45, 7) is 10.4. The van der Waals surface area contributed by atoms with Gasteiger partial charge in [0.1, 0.15) is 6.10 Å². The quantitative estimate of drug-likeness (QED) is 0.772. The molecule has 20 heavy (non-hydrogen) atoms. The highest BCUT2D eigenvalue weighted by atomic mass is 16.6. The molecule has 0 aliphatic heterocycles. The molecule has 2 atom stereocenters. The average Bonchev–Trinajstić information content (AvgIpc) is 2.37. The van der Waals surface area contributed by atoms with Crippen LogP contribution in [-0.2, 0) is 19.7 Å². The fraction of sp³-hybridized carbons (Fsp3) is 0.588. The molecule has 0 spiro atoms. The molecule has 1 aromatic carbocycles. The van der Waals surface area contributed by atoms with E-state index in [1.807, 2.05) is 44.2 Å². The Morgan fingerprint density at radius 3 is 2.15 bits per heavy atom. The Hall–Kier alpha value is -1.35. The topological polar surface area (TPSA) is 35.5 Å². The first kappa shape index (κ1) is 16.7. The first-order valence-electron chi connectivity index (χ1n) is 6.99. The fourth-order valence-electron chi connectivity index (χ4n) is 2.20. The Kier molecular flexibility index (Phi) is 5.35. The van der Waals surface area contributed by atoms with Crippen LogP contribution in [0.2, 0.25) is 0 Å². The lowest BCUT2D eigenvalue weighted by molar-refractivity contribution is -0.161. The second-order valence-corrected chi connectivity index (χ2v) is 6.41. The minimum Gasteiger partial charge on any atom is -0.460 e. The Bertz CT molecular complexity index is 433. The van der Waals surface area contributed by atoms with Gasteiger partial charge in [-0.2, -0.15) is 0 Å². The first-order chi connectivity index (χ1) is 9.23. The molecule has 0 aromatic heterocycles. The zero-order chi connectivity index (χ0) is 15.4. The molecule has 3 heteroatoms. The molecule has 0 N–H and O–H groups in total. The van der Waals surface area contributed by atoms with Gasteiger partial charge in [0.25, 0.3) is 0 Å². The van der Waals surface area contributed by atoms with Crippen molar-refractivity contribution in [3.8, 4) is 0 Å². The van der Waals surface area contributed by atoms with Gasteiger partial charge in [0.05, 0.1) is 12.0 Å². The van der Waals surface area contributed by atoms with Crippen molar-refractivity contribution in [3.05, 3.63) is 35.9 Å². The van der Waals surface area contributed by atoms with Crippen molar-refractivity contribution < 1.29 is 14.3 Å². The molecule has 2 unspecified atom stereocenters. The van der Waals surface area contributed by atoms with Gasteiger partial charge in [-0.3, -0.25) is 4.79 Å². The van der Waals surface area contributed by atoms with Crippen LogP contribution in [0.4, 0.5) is 0 Å². The smallest absolute Gasteiger partial charge is 0.317 e. The van der Waals surface area contributed by atoms with Gasteiger partial charge in [-0.15, -0.1) is 0 Å². The van der Waals surface area contributed by atoms with Crippen molar-refractivity contribution >= 4 is 5.97 Å². The number of methoxy groups -OCH3 is 1. The molecular formula is C17H26O3. The largest absolute Gasteiger partial charge is 0.460 e. The van der Waals surface area contributed by atoms with Crippen LogP contribution in [0.25, 0.3) is 0 Å². The van der Waals surface area contributed by atoms with E-state index in [1.54, 1.807) is 7.11 Å². The molecule has 112 valence electrons.